The van der Waals surface area contributed by atoms with Crippen LogP contribution < -0.4 is 10.9 Å². The van der Waals surface area contributed by atoms with E-state index >= 15 is 0 Å². The summed E-state index contributed by atoms with van der Waals surface area (Å²) in [7, 11) is 4.28. The van der Waals surface area contributed by atoms with Crippen LogP contribution in [0.1, 0.15) is 11.1 Å². The van der Waals surface area contributed by atoms with E-state index in [2.05, 4.69) is 53.0 Å². The normalized spacial score (nSPS) is 17.4. The monoisotopic (exact) mass is 252 g/mol. The van der Waals surface area contributed by atoms with Crippen LogP contribution in [0, 0.1) is 0 Å². The Balaban J connectivity index is 2.19. The summed E-state index contributed by atoms with van der Waals surface area (Å²) in [5, 5.41) is 0. The van der Waals surface area contributed by atoms with Crippen molar-refractivity contribution in [3.05, 3.63) is 84.8 Å². The number of benzene rings is 1. The van der Waals surface area contributed by atoms with E-state index in [1.807, 2.05) is 24.3 Å². The van der Waals surface area contributed by atoms with Gasteiger partial charge in [-0.2, -0.15) is 0 Å². The van der Waals surface area contributed by atoms with Crippen LogP contribution in [-0.4, -0.2) is 14.6 Å². The van der Waals surface area contributed by atoms with Crippen molar-refractivity contribution < 1.29 is 0 Å². The third kappa shape index (κ3) is 1.72. The van der Waals surface area contributed by atoms with E-state index < -0.39 is 0 Å². The van der Waals surface area contributed by atoms with E-state index in [1.165, 1.54) is 22.1 Å². The topological polar surface area (TPSA) is 0 Å². The van der Waals surface area contributed by atoms with Gasteiger partial charge in [0.25, 0.3) is 0 Å². The van der Waals surface area contributed by atoms with Gasteiger partial charge >= 0.3 is 0 Å². The number of allylic oxidation sites excluding steroid dienone is 8. The summed E-state index contributed by atoms with van der Waals surface area (Å²) >= 11 is 0. The molecule has 0 aromatic heterocycles. The van der Waals surface area contributed by atoms with Crippen LogP contribution in [0.5, 0.6) is 0 Å². The van der Waals surface area contributed by atoms with Crippen LogP contribution in [-0.2, 0) is 0 Å². The van der Waals surface area contributed by atoms with Crippen molar-refractivity contribution in [1.29, 1.82) is 0 Å². The molecule has 2 radical (unpaired) electrons. The molecule has 92 valence electrons. The summed E-state index contributed by atoms with van der Waals surface area (Å²) in [6, 6.07) is 4.43. The molecule has 0 atom stereocenters. The third-order valence-electron chi connectivity index (χ3n) is 3.81. The maximum absolute atomic E-state index is 4.11. The molecule has 2 aliphatic heterocycles. The Bertz CT molecular complexity index is 730. The van der Waals surface area contributed by atoms with Gasteiger partial charge in [-0.3, -0.25) is 0 Å². The van der Waals surface area contributed by atoms with Crippen LogP contribution in [0.2, 0.25) is 0 Å². The number of hydrogen-bond acceptors (Lipinski definition) is 0. The zero-order valence-corrected chi connectivity index (χ0v) is 11.4. The first-order valence-corrected chi connectivity index (χ1v) is 6.59. The minimum absolute atomic E-state index is 1.04. The molecule has 0 nitrogen and oxygen atoms in total. The molecule has 0 N–H and O–H groups in total. The molecule has 0 spiro atoms. The van der Waals surface area contributed by atoms with E-state index in [-0.39, 0.29) is 0 Å². The second-order valence-electron chi connectivity index (χ2n) is 4.93. The van der Waals surface area contributed by atoms with E-state index in [0.29, 0.717) is 0 Å². The Morgan fingerprint density at radius 2 is 1.60 bits per heavy atom. The van der Waals surface area contributed by atoms with Gasteiger partial charge in [-0.1, -0.05) is 78.0 Å². The fourth-order valence-corrected chi connectivity index (χ4v) is 2.89. The van der Waals surface area contributed by atoms with Gasteiger partial charge in [0.2, 0.25) is 0 Å². The molecule has 1 aromatic rings. The van der Waals surface area contributed by atoms with Crippen molar-refractivity contribution in [2.45, 2.75) is 0 Å². The average molecular weight is 252 g/mol. The van der Waals surface area contributed by atoms with E-state index in [0.717, 1.165) is 22.1 Å². The molecule has 3 rings (SSSR count). The molecule has 2 heterocycles. The predicted molar refractivity (Wildman–Crippen MR) is 91.8 cm³/mol. The predicted octanol–water partition coefficient (Wildman–Crippen LogP) is 2.54. The van der Waals surface area contributed by atoms with Crippen molar-refractivity contribution in [3.63, 3.8) is 0 Å². The molecule has 0 amide bonds. The Labute approximate surface area is 122 Å². The van der Waals surface area contributed by atoms with Crippen LogP contribution in [0.25, 0.3) is 11.1 Å². The van der Waals surface area contributed by atoms with Crippen LogP contribution in [0.15, 0.2) is 73.7 Å². The summed E-state index contributed by atoms with van der Waals surface area (Å²) in [6.45, 7) is 15.7. The standard InChI is InChI=1S/C18H14B2/c1-5-8-13-11(4)19-17-9-14-12(6-2)16(7-3)20-18(14)10-15(13)17/h5-10H,1-4H2/b13-8+. The number of fused-ring (bicyclic) bond motifs is 2. The average Bonchev–Trinajstić information content (AvgIpc) is 2.94. The molecule has 0 fully saturated rings. The Morgan fingerprint density at radius 1 is 0.900 bits per heavy atom. The van der Waals surface area contributed by atoms with Gasteiger partial charge < -0.3 is 0 Å². The fourth-order valence-electron chi connectivity index (χ4n) is 2.89. The first kappa shape index (κ1) is 12.8. The van der Waals surface area contributed by atoms with Crippen molar-refractivity contribution in [3.8, 4) is 0 Å². The Morgan fingerprint density at radius 3 is 2.25 bits per heavy atom. The second kappa shape index (κ2) is 4.72. The summed E-state index contributed by atoms with van der Waals surface area (Å²) in [5.41, 5.74) is 9.34. The summed E-state index contributed by atoms with van der Waals surface area (Å²) in [4.78, 5) is 0. The maximum atomic E-state index is 4.11. The minimum Gasteiger partial charge on any atom is -0.104 e. The van der Waals surface area contributed by atoms with Gasteiger partial charge in [0.15, 0.2) is 14.6 Å². The largest absolute Gasteiger partial charge is 0.193 e. The van der Waals surface area contributed by atoms with Crippen molar-refractivity contribution in [2.24, 2.45) is 0 Å². The highest BCUT2D eigenvalue weighted by molar-refractivity contribution is 6.71. The Kier molecular flexibility index (Phi) is 3.02. The van der Waals surface area contributed by atoms with Crippen molar-refractivity contribution in [1.82, 2.24) is 0 Å². The molecule has 0 aliphatic carbocycles. The molecule has 0 saturated carbocycles. The second-order valence-corrected chi connectivity index (χ2v) is 4.93. The highest BCUT2D eigenvalue weighted by atomic mass is 14.2. The molecule has 2 aliphatic rings. The molecule has 0 unspecified atom stereocenters. The quantitative estimate of drug-likeness (QED) is 0.725. The number of hydrogen-bond donors (Lipinski definition) is 0. The molecule has 0 bridgehead atoms. The minimum atomic E-state index is 1.04. The zero-order valence-electron chi connectivity index (χ0n) is 11.4. The summed E-state index contributed by atoms with van der Waals surface area (Å²) in [6.07, 6.45) is 7.60. The lowest BCUT2D eigenvalue weighted by Crippen LogP contribution is -2.21. The highest BCUT2D eigenvalue weighted by Crippen LogP contribution is 2.30. The van der Waals surface area contributed by atoms with Crippen LogP contribution in [0.4, 0.5) is 0 Å². The van der Waals surface area contributed by atoms with Gasteiger partial charge in [0, 0.05) is 0 Å². The van der Waals surface area contributed by atoms with E-state index in [9.17, 15) is 0 Å². The van der Waals surface area contributed by atoms with Crippen molar-refractivity contribution in [2.75, 3.05) is 0 Å². The third-order valence-corrected chi connectivity index (χ3v) is 3.81. The SMILES string of the molecule is C=C/C=C1\C(=C)[B]c2cc3c(cc21)[B]C(C=C)=C3C=C. The molecule has 0 saturated heterocycles. The highest BCUT2D eigenvalue weighted by Gasteiger charge is 2.26. The summed E-state index contributed by atoms with van der Waals surface area (Å²) < 4.78 is 0. The van der Waals surface area contributed by atoms with Gasteiger partial charge in [-0.05, 0) is 22.3 Å². The lowest BCUT2D eigenvalue weighted by atomic mass is 9.64. The first-order valence-electron chi connectivity index (χ1n) is 6.59. The molecular formula is C18H14B2. The molecule has 2 heteroatoms. The molecular weight excluding hydrogens is 238 g/mol. The number of rotatable bonds is 3. The smallest absolute Gasteiger partial charge is 0.104 e. The van der Waals surface area contributed by atoms with Crippen molar-refractivity contribution >= 4 is 36.6 Å². The van der Waals surface area contributed by atoms with Crippen LogP contribution in [0.3, 0.4) is 0 Å². The molecule has 20 heavy (non-hydrogen) atoms. The van der Waals surface area contributed by atoms with E-state index in [1.54, 1.807) is 0 Å². The Hall–Kier alpha value is -2.21. The van der Waals surface area contributed by atoms with Gasteiger partial charge in [-0.15, -0.1) is 6.58 Å². The lowest BCUT2D eigenvalue weighted by molar-refractivity contribution is 1.69. The lowest BCUT2D eigenvalue weighted by Gasteiger charge is -2.08. The summed E-state index contributed by atoms with van der Waals surface area (Å²) in [5.74, 6) is 0. The van der Waals surface area contributed by atoms with Crippen LogP contribution >= 0.6 is 0 Å². The molecule has 1 aromatic carbocycles. The van der Waals surface area contributed by atoms with Gasteiger partial charge in [-0.25, -0.2) is 0 Å². The van der Waals surface area contributed by atoms with E-state index in [4.69, 9.17) is 0 Å². The zero-order chi connectivity index (χ0) is 14.3. The maximum Gasteiger partial charge on any atom is 0.193 e. The van der Waals surface area contributed by atoms with Gasteiger partial charge in [0.05, 0.1) is 0 Å². The van der Waals surface area contributed by atoms with Gasteiger partial charge in [0.1, 0.15) is 0 Å². The first-order chi connectivity index (χ1) is 9.69. The fraction of sp³-hybridized carbons (Fsp3) is 0.